The van der Waals surface area contributed by atoms with Crippen molar-refractivity contribution >= 4 is 5.91 Å². The van der Waals surface area contributed by atoms with E-state index in [4.69, 9.17) is 15.2 Å². The number of rotatable bonds is 8. The van der Waals surface area contributed by atoms with Crippen molar-refractivity contribution in [1.29, 1.82) is 0 Å². The summed E-state index contributed by atoms with van der Waals surface area (Å²) in [7, 11) is 0. The maximum atomic E-state index is 10.3. The number of benzene rings is 1. The number of para-hydroxylation sites is 1. The molecule has 16 heavy (non-hydrogen) atoms. The van der Waals surface area contributed by atoms with Crippen molar-refractivity contribution in [2.45, 2.75) is 12.8 Å². The van der Waals surface area contributed by atoms with Crippen molar-refractivity contribution in [3.05, 3.63) is 30.3 Å². The Hall–Kier alpha value is -1.55. The second kappa shape index (κ2) is 7.70. The summed E-state index contributed by atoms with van der Waals surface area (Å²) in [4.78, 5) is 10.3. The molecule has 0 atom stereocenters. The molecule has 0 unspecified atom stereocenters. The standard InChI is InChI=1S/C12H17NO3/c13-12(14)10-15-8-4-5-9-16-11-6-2-1-3-7-11/h1-3,6-7H,4-5,8-10H2,(H2,13,14). The third kappa shape index (κ3) is 6.03. The molecule has 0 aliphatic rings. The van der Waals surface area contributed by atoms with Gasteiger partial charge in [-0.25, -0.2) is 0 Å². The molecule has 0 aromatic heterocycles. The lowest BCUT2D eigenvalue weighted by Gasteiger charge is -2.05. The van der Waals surface area contributed by atoms with Crippen molar-refractivity contribution < 1.29 is 14.3 Å². The first kappa shape index (κ1) is 12.5. The summed E-state index contributed by atoms with van der Waals surface area (Å²) in [5.41, 5.74) is 4.92. The van der Waals surface area contributed by atoms with E-state index in [0.29, 0.717) is 13.2 Å². The number of primary amides is 1. The molecule has 4 heteroatoms. The van der Waals surface area contributed by atoms with Gasteiger partial charge < -0.3 is 15.2 Å². The fourth-order valence-electron chi connectivity index (χ4n) is 1.19. The van der Waals surface area contributed by atoms with Gasteiger partial charge in [0.2, 0.25) is 5.91 Å². The first-order chi connectivity index (χ1) is 7.79. The molecule has 0 aliphatic carbocycles. The molecule has 4 nitrogen and oxygen atoms in total. The van der Waals surface area contributed by atoms with Gasteiger partial charge in [0.05, 0.1) is 6.61 Å². The van der Waals surface area contributed by atoms with Crippen LogP contribution in [0.25, 0.3) is 0 Å². The van der Waals surface area contributed by atoms with Crippen LogP contribution in [0.2, 0.25) is 0 Å². The Labute approximate surface area is 95.3 Å². The highest BCUT2D eigenvalue weighted by molar-refractivity contribution is 5.74. The van der Waals surface area contributed by atoms with Gasteiger partial charge in [0.25, 0.3) is 0 Å². The first-order valence-electron chi connectivity index (χ1n) is 5.33. The quantitative estimate of drug-likeness (QED) is 0.677. The predicted molar refractivity (Wildman–Crippen MR) is 61.2 cm³/mol. The third-order valence-electron chi connectivity index (χ3n) is 1.94. The highest BCUT2D eigenvalue weighted by Crippen LogP contribution is 2.08. The minimum atomic E-state index is -0.430. The normalized spacial score (nSPS) is 10.0. The number of carbonyl (C=O) groups excluding carboxylic acids is 1. The zero-order valence-corrected chi connectivity index (χ0v) is 9.22. The molecule has 0 aliphatic heterocycles. The molecule has 0 saturated carbocycles. The van der Waals surface area contributed by atoms with E-state index in [9.17, 15) is 4.79 Å². The van der Waals surface area contributed by atoms with Crippen molar-refractivity contribution in [1.82, 2.24) is 0 Å². The van der Waals surface area contributed by atoms with Gasteiger partial charge in [-0.3, -0.25) is 4.79 Å². The molecule has 0 saturated heterocycles. The third-order valence-corrected chi connectivity index (χ3v) is 1.94. The summed E-state index contributed by atoms with van der Waals surface area (Å²) < 4.78 is 10.5. The van der Waals surface area contributed by atoms with Gasteiger partial charge in [-0.05, 0) is 25.0 Å². The van der Waals surface area contributed by atoms with Crippen LogP contribution in [-0.2, 0) is 9.53 Å². The Morgan fingerprint density at radius 1 is 1.12 bits per heavy atom. The van der Waals surface area contributed by atoms with E-state index in [1.165, 1.54) is 0 Å². The van der Waals surface area contributed by atoms with Gasteiger partial charge in [-0.15, -0.1) is 0 Å². The lowest BCUT2D eigenvalue weighted by Crippen LogP contribution is -2.18. The topological polar surface area (TPSA) is 61.6 Å². The first-order valence-corrected chi connectivity index (χ1v) is 5.33. The maximum absolute atomic E-state index is 10.3. The number of carbonyl (C=O) groups is 1. The second-order valence-electron chi connectivity index (χ2n) is 3.39. The SMILES string of the molecule is NC(=O)COCCCCOc1ccccc1. The zero-order valence-electron chi connectivity index (χ0n) is 9.22. The predicted octanol–water partition coefficient (Wildman–Crippen LogP) is 1.35. The van der Waals surface area contributed by atoms with Crippen LogP contribution < -0.4 is 10.5 Å². The molecule has 0 radical (unpaired) electrons. The van der Waals surface area contributed by atoms with E-state index in [1.807, 2.05) is 30.3 Å². The van der Waals surface area contributed by atoms with E-state index in [-0.39, 0.29) is 6.61 Å². The van der Waals surface area contributed by atoms with Crippen LogP contribution in [0.15, 0.2) is 30.3 Å². The van der Waals surface area contributed by atoms with E-state index < -0.39 is 5.91 Å². The monoisotopic (exact) mass is 223 g/mol. The minimum Gasteiger partial charge on any atom is -0.494 e. The maximum Gasteiger partial charge on any atom is 0.243 e. The number of hydrogen-bond acceptors (Lipinski definition) is 3. The Morgan fingerprint density at radius 2 is 1.81 bits per heavy atom. The van der Waals surface area contributed by atoms with Crippen LogP contribution >= 0.6 is 0 Å². The van der Waals surface area contributed by atoms with Gasteiger partial charge in [-0.2, -0.15) is 0 Å². The van der Waals surface area contributed by atoms with Gasteiger partial charge in [0.1, 0.15) is 12.4 Å². The Kier molecular flexibility index (Phi) is 6.03. The van der Waals surface area contributed by atoms with Gasteiger partial charge >= 0.3 is 0 Å². The van der Waals surface area contributed by atoms with E-state index >= 15 is 0 Å². The van der Waals surface area contributed by atoms with Crippen molar-refractivity contribution in [3.63, 3.8) is 0 Å². The number of ether oxygens (including phenoxy) is 2. The molecule has 1 aromatic rings. The lowest BCUT2D eigenvalue weighted by molar-refractivity contribution is -0.122. The van der Waals surface area contributed by atoms with Crippen LogP contribution in [0.1, 0.15) is 12.8 Å². The molecule has 1 rings (SSSR count). The molecule has 0 fully saturated rings. The van der Waals surface area contributed by atoms with Gasteiger partial charge in [0.15, 0.2) is 0 Å². The zero-order chi connectivity index (χ0) is 11.6. The molecule has 1 aromatic carbocycles. The molecule has 88 valence electrons. The summed E-state index contributed by atoms with van der Waals surface area (Å²) in [6.45, 7) is 1.20. The second-order valence-corrected chi connectivity index (χ2v) is 3.39. The summed E-state index contributed by atoms with van der Waals surface area (Å²) in [6.07, 6.45) is 1.76. The fraction of sp³-hybridized carbons (Fsp3) is 0.417. The fourth-order valence-corrected chi connectivity index (χ4v) is 1.19. The van der Waals surface area contributed by atoms with Crippen LogP contribution in [-0.4, -0.2) is 25.7 Å². The largest absolute Gasteiger partial charge is 0.494 e. The number of unbranched alkanes of at least 4 members (excludes halogenated alkanes) is 1. The van der Waals surface area contributed by atoms with Gasteiger partial charge in [0, 0.05) is 6.61 Å². The highest BCUT2D eigenvalue weighted by atomic mass is 16.5. The molecule has 0 bridgehead atoms. The molecular weight excluding hydrogens is 206 g/mol. The Bertz CT molecular complexity index is 300. The van der Waals surface area contributed by atoms with Crippen molar-refractivity contribution in [2.24, 2.45) is 5.73 Å². The number of hydrogen-bond donors (Lipinski definition) is 1. The highest BCUT2D eigenvalue weighted by Gasteiger charge is 1.95. The summed E-state index contributed by atoms with van der Waals surface area (Å²) in [6, 6.07) is 9.66. The molecule has 0 spiro atoms. The number of amides is 1. The smallest absolute Gasteiger partial charge is 0.243 e. The van der Waals surface area contributed by atoms with Crippen LogP contribution in [0.4, 0.5) is 0 Å². The van der Waals surface area contributed by atoms with Crippen LogP contribution in [0.3, 0.4) is 0 Å². The summed E-state index contributed by atoms with van der Waals surface area (Å²) >= 11 is 0. The average molecular weight is 223 g/mol. The molecular formula is C12H17NO3. The van der Waals surface area contributed by atoms with Crippen LogP contribution in [0.5, 0.6) is 5.75 Å². The summed E-state index contributed by atoms with van der Waals surface area (Å²) in [5, 5.41) is 0. The van der Waals surface area contributed by atoms with Crippen molar-refractivity contribution in [2.75, 3.05) is 19.8 Å². The lowest BCUT2D eigenvalue weighted by atomic mass is 10.3. The van der Waals surface area contributed by atoms with Crippen LogP contribution in [0, 0.1) is 0 Å². The molecule has 0 heterocycles. The number of nitrogens with two attached hydrogens (primary N) is 1. The Morgan fingerprint density at radius 3 is 2.50 bits per heavy atom. The van der Waals surface area contributed by atoms with Crippen molar-refractivity contribution in [3.8, 4) is 5.75 Å². The van der Waals surface area contributed by atoms with E-state index in [2.05, 4.69) is 0 Å². The van der Waals surface area contributed by atoms with E-state index in [0.717, 1.165) is 18.6 Å². The molecule has 2 N–H and O–H groups in total. The Balaban J connectivity index is 1.94. The van der Waals surface area contributed by atoms with Gasteiger partial charge in [-0.1, -0.05) is 18.2 Å². The van der Waals surface area contributed by atoms with E-state index in [1.54, 1.807) is 0 Å². The average Bonchev–Trinajstić information content (AvgIpc) is 2.29. The minimum absolute atomic E-state index is 0.000454. The summed E-state index contributed by atoms with van der Waals surface area (Å²) in [5.74, 6) is 0.445. The molecule has 1 amide bonds.